The van der Waals surface area contributed by atoms with Crippen molar-refractivity contribution in [3.05, 3.63) is 44.8 Å². The molecule has 0 fully saturated rings. The maximum atomic E-state index is 13.6. The predicted octanol–water partition coefficient (Wildman–Crippen LogP) is 4.07. The minimum absolute atomic E-state index is 0.0596. The summed E-state index contributed by atoms with van der Waals surface area (Å²) in [6, 6.07) is 0. The quantitative estimate of drug-likeness (QED) is 0.162. The van der Waals surface area contributed by atoms with Crippen molar-refractivity contribution in [3.8, 4) is 0 Å². The van der Waals surface area contributed by atoms with E-state index in [1.807, 2.05) is 0 Å². The van der Waals surface area contributed by atoms with Crippen LogP contribution in [0.25, 0.3) is 0 Å². The first-order valence-corrected chi connectivity index (χ1v) is 16.9. The van der Waals surface area contributed by atoms with E-state index in [0.29, 0.717) is 5.56 Å². The number of H-pyrrole nitrogens is 1. The van der Waals surface area contributed by atoms with Crippen LogP contribution < -0.4 is 11.2 Å². The number of aryl methyl sites for hydroxylation is 1. The number of aromatic nitrogens is 2. The SMILES string of the molecule is Cc1cn(C2C=CC(COP(=O)(SCCOC(=O)C(C)(C)C)SCCOC(=O)C(C)(C)C)O2)c(=O)[nH]c1=O. The molecule has 0 saturated carbocycles. The second-order valence-corrected chi connectivity index (χ2v) is 18.2. The first-order valence-electron chi connectivity index (χ1n) is 12.1. The zero-order chi connectivity index (χ0) is 28.7. The molecular formula is C24H37N2O9PS2. The maximum absolute atomic E-state index is 13.6. The molecule has 0 spiro atoms. The average molecular weight is 593 g/mol. The van der Waals surface area contributed by atoms with Gasteiger partial charge in [-0.05, 0) is 54.5 Å². The van der Waals surface area contributed by atoms with Crippen LogP contribution in [-0.4, -0.2) is 58.9 Å². The summed E-state index contributed by atoms with van der Waals surface area (Å²) in [5.41, 5.74) is -2.01. The van der Waals surface area contributed by atoms with Gasteiger partial charge in [-0.1, -0.05) is 28.8 Å². The van der Waals surface area contributed by atoms with Crippen molar-refractivity contribution < 1.29 is 32.9 Å². The van der Waals surface area contributed by atoms with Crippen molar-refractivity contribution >= 4 is 40.5 Å². The molecule has 11 nitrogen and oxygen atoms in total. The third kappa shape index (κ3) is 10.1. The molecule has 0 aromatic carbocycles. The van der Waals surface area contributed by atoms with Gasteiger partial charge in [0.2, 0.25) is 0 Å². The van der Waals surface area contributed by atoms with Crippen LogP contribution in [0, 0.1) is 17.8 Å². The van der Waals surface area contributed by atoms with Gasteiger partial charge in [-0.2, -0.15) is 0 Å². The van der Waals surface area contributed by atoms with Gasteiger partial charge in [-0.25, -0.2) is 4.79 Å². The fourth-order valence-corrected chi connectivity index (χ4v) is 8.95. The molecule has 1 aromatic rings. The molecular weight excluding hydrogens is 555 g/mol. The van der Waals surface area contributed by atoms with Gasteiger partial charge >= 0.3 is 23.4 Å². The van der Waals surface area contributed by atoms with E-state index in [0.717, 1.165) is 22.8 Å². The smallest absolute Gasteiger partial charge is 0.330 e. The molecule has 1 aliphatic rings. The third-order valence-electron chi connectivity index (χ3n) is 4.98. The number of hydrogen-bond donors (Lipinski definition) is 1. The Balaban J connectivity index is 1.96. The van der Waals surface area contributed by atoms with Crippen molar-refractivity contribution in [2.24, 2.45) is 10.8 Å². The Labute approximate surface area is 230 Å². The van der Waals surface area contributed by atoms with E-state index in [9.17, 15) is 23.7 Å². The van der Waals surface area contributed by atoms with Crippen molar-refractivity contribution in [2.75, 3.05) is 31.3 Å². The van der Waals surface area contributed by atoms with Crippen LogP contribution in [0.15, 0.2) is 27.9 Å². The Morgan fingerprint density at radius 1 is 1.00 bits per heavy atom. The monoisotopic (exact) mass is 592 g/mol. The molecule has 214 valence electrons. The average Bonchev–Trinajstić information content (AvgIpc) is 3.28. The molecule has 2 atom stereocenters. The van der Waals surface area contributed by atoms with Crippen molar-refractivity contribution in [3.63, 3.8) is 0 Å². The van der Waals surface area contributed by atoms with Crippen LogP contribution in [-0.2, 0) is 32.9 Å². The van der Waals surface area contributed by atoms with E-state index in [-0.39, 0.29) is 43.3 Å². The molecule has 0 bridgehead atoms. The fraction of sp³-hybridized carbons (Fsp3) is 0.667. The highest BCUT2D eigenvalue weighted by Crippen LogP contribution is 2.69. The highest BCUT2D eigenvalue weighted by atomic mass is 33.1. The number of hydrogen-bond acceptors (Lipinski definition) is 11. The number of nitrogens with one attached hydrogen (secondary N) is 1. The zero-order valence-corrected chi connectivity index (χ0v) is 25.3. The second-order valence-electron chi connectivity index (χ2n) is 10.6. The van der Waals surface area contributed by atoms with Gasteiger partial charge in [0.1, 0.15) is 19.3 Å². The molecule has 0 aliphatic carbocycles. The standard InChI is InChI=1S/C24H37N2O9PS2/c1-16-14-26(22(30)25-19(16)27)18-9-8-17(35-18)15-34-36(31,37-12-10-32-20(28)23(2,3)4)38-13-11-33-21(29)24(5,6)7/h8-9,14,17-18H,10-13,15H2,1-7H3,(H,25,27,30). The minimum atomic E-state index is -3.37. The van der Waals surface area contributed by atoms with Crippen molar-refractivity contribution in [2.45, 2.75) is 60.8 Å². The molecule has 2 unspecified atom stereocenters. The first-order chi connectivity index (χ1) is 17.5. The summed E-state index contributed by atoms with van der Waals surface area (Å²) in [5, 5.41) is 0. The van der Waals surface area contributed by atoms with E-state index < -0.39 is 40.2 Å². The second kappa shape index (κ2) is 13.5. The lowest BCUT2D eigenvalue weighted by molar-refractivity contribution is -0.152. The van der Waals surface area contributed by atoms with E-state index in [1.165, 1.54) is 10.8 Å². The van der Waals surface area contributed by atoms with Gasteiger partial charge in [0.05, 0.1) is 17.4 Å². The lowest BCUT2D eigenvalue weighted by Crippen LogP contribution is -2.33. The molecule has 2 heterocycles. The number of aromatic amines is 1. The van der Waals surface area contributed by atoms with E-state index in [1.54, 1.807) is 60.6 Å². The zero-order valence-electron chi connectivity index (χ0n) is 22.8. The van der Waals surface area contributed by atoms with E-state index in [2.05, 4.69) is 4.98 Å². The third-order valence-corrected chi connectivity index (χ3v) is 12.3. The molecule has 0 radical (unpaired) electrons. The Hall–Kier alpha value is -1.79. The fourth-order valence-electron chi connectivity index (χ4n) is 2.79. The molecule has 1 aliphatic heterocycles. The van der Waals surface area contributed by atoms with Gasteiger partial charge in [-0.3, -0.25) is 28.5 Å². The molecule has 1 N–H and O–H groups in total. The molecule has 1 aromatic heterocycles. The lowest BCUT2D eigenvalue weighted by atomic mass is 9.97. The topological polar surface area (TPSA) is 143 Å². The summed E-state index contributed by atoms with van der Waals surface area (Å²) < 4.78 is 37.0. The lowest BCUT2D eigenvalue weighted by Gasteiger charge is -2.21. The van der Waals surface area contributed by atoms with Crippen LogP contribution in [0.1, 0.15) is 53.3 Å². The van der Waals surface area contributed by atoms with Gasteiger partial charge in [0.15, 0.2) is 6.23 Å². The Kier molecular flexibility index (Phi) is 11.5. The summed E-state index contributed by atoms with van der Waals surface area (Å²) in [6.07, 6.45) is 3.41. The number of ether oxygens (including phenoxy) is 3. The van der Waals surface area contributed by atoms with Crippen LogP contribution in [0.5, 0.6) is 0 Å². The van der Waals surface area contributed by atoms with E-state index in [4.69, 9.17) is 18.7 Å². The van der Waals surface area contributed by atoms with Crippen LogP contribution in [0.3, 0.4) is 0 Å². The Bertz CT molecular complexity index is 1140. The molecule has 2 rings (SSSR count). The van der Waals surface area contributed by atoms with Gasteiger partial charge in [0.25, 0.3) is 5.56 Å². The number of rotatable bonds is 12. The van der Waals surface area contributed by atoms with Crippen LogP contribution in [0.4, 0.5) is 0 Å². The molecule has 38 heavy (non-hydrogen) atoms. The summed E-state index contributed by atoms with van der Waals surface area (Å²) in [7, 11) is 0. The van der Waals surface area contributed by atoms with Gasteiger partial charge < -0.3 is 18.7 Å². The maximum Gasteiger partial charge on any atom is 0.330 e. The highest BCUT2D eigenvalue weighted by molar-refractivity contribution is 8.89. The summed E-state index contributed by atoms with van der Waals surface area (Å²) in [6.45, 7) is 12.1. The molecule has 0 saturated heterocycles. The van der Waals surface area contributed by atoms with Gasteiger partial charge in [-0.15, -0.1) is 0 Å². The largest absolute Gasteiger partial charge is 0.464 e. The Morgan fingerprint density at radius 3 is 2.03 bits per heavy atom. The molecule has 14 heteroatoms. The highest BCUT2D eigenvalue weighted by Gasteiger charge is 2.31. The van der Waals surface area contributed by atoms with Crippen LogP contribution in [0.2, 0.25) is 0 Å². The number of esters is 2. The Morgan fingerprint density at radius 2 is 1.53 bits per heavy atom. The van der Waals surface area contributed by atoms with Crippen molar-refractivity contribution in [1.82, 2.24) is 9.55 Å². The summed E-state index contributed by atoms with van der Waals surface area (Å²) in [5.74, 6) is -3.61. The minimum Gasteiger partial charge on any atom is -0.464 e. The van der Waals surface area contributed by atoms with E-state index >= 15 is 0 Å². The predicted molar refractivity (Wildman–Crippen MR) is 148 cm³/mol. The number of nitrogens with zero attached hydrogens (tertiary/aromatic N) is 1. The number of carbonyl (C=O) groups excluding carboxylic acids is 2. The molecule has 0 amide bonds. The van der Waals surface area contributed by atoms with Crippen LogP contribution >= 0.6 is 28.5 Å². The number of carbonyl (C=O) groups is 2. The summed E-state index contributed by atoms with van der Waals surface area (Å²) in [4.78, 5) is 50.0. The normalized spacial score (nSPS) is 18.0. The first kappa shape index (κ1) is 32.4. The van der Waals surface area contributed by atoms with Crippen molar-refractivity contribution in [1.29, 1.82) is 0 Å². The van der Waals surface area contributed by atoms with Gasteiger partial charge in [0, 0.05) is 23.3 Å². The summed E-state index contributed by atoms with van der Waals surface area (Å²) >= 11 is 2.06.